The van der Waals surface area contributed by atoms with Gasteiger partial charge >= 0.3 is 6.16 Å². The highest BCUT2D eigenvalue weighted by molar-refractivity contribution is 5.61. The summed E-state index contributed by atoms with van der Waals surface area (Å²) in [5.74, 6) is 0. The maximum atomic E-state index is 10.7. The number of carbonyl (C=O) groups excluding carboxylic acids is 1. The van der Waals surface area contributed by atoms with Gasteiger partial charge in [0, 0.05) is 5.41 Å². The average Bonchev–Trinajstić information content (AvgIpc) is 1.84. The van der Waals surface area contributed by atoms with Crippen molar-refractivity contribution in [3.63, 3.8) is 0 Å². The summed E-state index contributed by atoms with van der Waals surface area (Å²) in [5.41, 5.74) is -0.0894. The zero-order valence-electron chi connectivity index (χ0n) is 7.38. The zero-order valence-corrected chi connectivity index (χ0v) is 7.38. The van der Waals surface area contributed by atoms with Crippen LogP contribution in [0.15, 0.2) is 0 Å². The molecule has 11 heavy (non-hydrogen) atoms. The quantitative estimate of drug-likeness (QED) is 0.505. The maximum absolute atomic E-state index is 10.7. The molecule has 0 aromatic rings. The van der Waals surface area contributed by atoms with Crippen molar-refractivity contribution < 1.29 is 14.3 Å². The molecule has 64 valence electrons. The molecule has 0 amide bonds. The minimum absolute atomic E-state index is 0.0706. The van der Waals surface area contributed by atoms with Crippen molar-refractivity contribution in [1.29, 1.82) is 0 Å². The number of ether oxygens (including phenoxy) is 2. The van der Waals surface area contributed by atoms with Gasteiger partial charge in [-0.25, -0.2) is 4.79 Å². The number of carbonyl (C=O) groups is 1. The molecule has 0 radical (unpaired) electrons. The molecule has 3 heteroatoms. The van der Waals surface area contributed by atoms with Crippen molar-refractivity contribution in [3.05, 3.63) is 0 Å². The highest BCUT2D eigenvalue weighted by Crippen LogP contribution is 2.33. The van der Waals surface area contributed by atoms with Gasteiger partial charge in [0.1, 0.15) is 12.2 Å². The molecular weight excluding hydrogens is 144 g/mol. The minimum atomic E-state index is -0.552. The van der Waals surface area contributed by atoms with Gasteiger partial charge in [0.2, 0.25) is 0 Å². The van der Waals surface area contributed by atoms with Crippen molar-refractivity contribution in [2.45, 2.75) is 39.9 Å². The molecule has 0 spiro atoms. The topological polar surface area (TPSA) is 35.5 Å². The predicted molar refractivity (Wildman–Crippen MR) is 40.3 cm³/mol. The van der Waals surface area contributed by atoms with Crippen LogP contribution in [0.3, 0.4) is 0 Å². The lowest BCUT2D eigenvalue weighted by atomic mass is 9.81. The van der Waals surface area contributed by atoms with E-state index in [1.54, 1.807) is 0 Å². The molecule has 0 bridgehead atoms. The Labute approximate surface area is 66.7 Å². The average molecular weight is 158 g/mol. The second kappa shape index (κ2) is 2.40. The fourth-order valence-electron chi connectivity index (χ4n) is 0.951. The molecule has 1 aliphatic rings. The lowest BCUT2D eigenvalue weighted by Gasteiger charge is -2.39. The molecular formula is C8H14O3. The zero-order chi connectivity index (χ0) is 8.65. The third-order valence-electron chi connectivity index (χ3n) is 2.64. The van der Waals surface area contributed by atoms with Crippen molar-refractivity contribution in [2.24, 2.45) is 5.41 Å². The van der Waals surface area contributed by atoms with Gasteiger partial charge in [0.05, 0.1) is 0 Å². The summed E-state index contributed by atoms with van der Waals surface area (Å²) >= 11 is 0. The molecule has 0 aliphatic carbocycles. The van der Waals surface area contributed by atoms with E-state index in [2.05, 4.69) is 0 Å². The van der Waals surface area contributed by atoms with E-state index in [-0.39, 0.29) is 17.6 Å². The van der Waals surface area contributed by atoms with Crippen molar-refractivity contribution >= 4 is 6.16 Å². The van der Waals surface area contributed by atoms with Gasteiger partial charge < -0.3 is 9.47 Å². The van der Waals surface area contributed by atoms with Gasteiger partial charge in [-0.1, -0.05) is 13.8 Å². The number of rotatable bonds is 0. The van der Waals surface area contributed by atoms with E-state index < -0.39 is 6.16 Å². The lowest BCUT2D eigenvalue weighted by Crippen LogP contribution is -2.47. The third-order valence-corrected chi connectivity index (χ3v) is 2.64. The summed E-state index contributed by atoms with van der Waals surface area (Å²) in [6.45, 7) is 7.82. The van der Waals surface area contributed by atoms with Gasteiger partial charge in [-0.15, -0.1) is 0 Å². The van der Waals surface area contributed by atoms with E-state index in [1.165, 1.54) is 0 Å². The van der Waals surface area contributed by atoms with Crippen LogP contribution in [-0.4, -0.2) is 18.4 Å². The highest BCUT2D eigenvalue weighted by atomic mass is 16.7. The van der Waals surface area contributed by atoms with Crippen molar-refractivity contribution in [3.8, 4) is 0 Å². The first-order chi connectivity index (χ1) is 4.94. The largest absolute Gasteiger partial charge is 0.508 e. The fraction of sp³-hybridized carbons (Fsp3) is 0.875. The van der Waals surface area contributed by atoms with Crippen molar-refractivity contribution in [1.82, 2.24) is 0 Å². The smallest absolute Gasteiger partial charge is 0.431 e. The molecule has 2 atom stereocenters. The molecule has 2 unspecified atom stereocenters. The Morgan fingerprint density at radius 3 is 1.91 bits per heavy atom. The minimum Gasteiger partial charge on any atom is -0.431 e. The third kappa shape index (κ3) is 1.32. The Kier molecular flexibility index (Phi) is 1.82. The van der Waals surface area contributed by atoms with E-state index in [0.717, 1.165) is 0 Å². The van der Waals surface area contributed by atoms with Crippen LogP contribution < -0.4 is 0 Å². The summed E-state index contributed by atoms with van der Waals surface area (Å²) in [6.07, 6.45) is -0.693. The van der Waals surface area contributed by atoms with E-state index in [9.17, 15) is 4.79 Å². The first-order valence-electron chi connectivity index (χ1n) is 3.82. The molecule has 0 aromatic carbocycles. The first kappa shape index (κ1) is 8.37. The predicted octanol–water partition coefficient (Wildman–Crippen LogP) is 1.96. The molecule has 1 heterocycles. The van der Waals surface area contributed by atoms with Gasteiger partial charge in [-0.2, -0.15) is 0 Å². The molecule has 0 aromatic heterocycles. The SMILES string of the molecule is CC1OC(=O)OC(C)C1(C)C. The summed E-state index contributed by atoms with van der Waals surface area (Å²) in [5, 5.41) is 0. The van der Waals surface area contributed by atoms with E-state index in [1.807, 2.05) is 27.7 Å². The van der Waals surface area contributed by atoms with Crippen LogP contribution >= 0.6 is 0 Å². The van der Waals surface area contributed by atoms with E-state index >= 15 is 0 Å². The summed E-state index contributed by atoms with van der Waals surface area (Å²) in [4.78, 5) is 10.7. The molecule has 1 fully saturated rings. The summed E-state index contributed by atoms with van der Waals surface area (Å²) in [6, 6.07) is 0. The molecule has 3 nitrogen and oxygen atoms in total. The maximum Gasteiger partial charge on any atom is 0.508 e. The molecule has 0 N–H and O–H groups in total. The monoisotopic (exact) mass is 158 g/mol. The van der Waals surface area contributed by atoms with Gasteiger partial charge in [0.15, 0.2) is 0 Å². The van der Waals surface area contributed by atoms with E-state index in [4.69, 9.17) is 9.47 Å². The van der Waals surface area contributed by atoms with Crippen LogP contribution in [0.4, 0.5) is 4.79 Å². The second-order valence-electron chi connectivity index (χ2n) is 3.59. The molecule has 1 rings (SSSR count). The summed E-state index contributed by atoms with van der Waals surface area (Å²) < 4.78 is 9.82. The van der Waals surface area contributed by atoms with Crippen LogP contribution in [0.2, 0.25) is 0 Å². The Morgan fingerprint density at radius 2 is 1.55 bits per heavy atom. The second-order valence-corrected chi connectivity index (χ2v) is 3.59. The Morgan fingerprint density at radius 1 is 1.18 bits per heavy atom. The highest BCUT2D eigenvalue weighted by Gasteiger charge is 2.41. The number of hydrogen-bond donors (Lipinski definition) is 0. The van der Waals surface area contributed by atoms with Crippen LogP contribution in [0.5, 0.6) is 0 Å². The first-order valence-corrected chi connectivity index (χ1v) is 3.82. The van der Waals surface area contributed by atoms with E-state index in [0.29, 0.717) is 0 Å². The standard InChI is InChI=1S/C8H14O3/c1-5-8(3,4)6(2)11-7(9)10-5/h5-6H,1-4H3. The normalized spacial score (nSPS) is 35.8. The van der Waals surface area contributed by atoms with Crippen LogP contribution in [-0.2, 0) is 9.47 Å². The van der Waals surface area contributed by atoms with Gasteiger partial charge in [-0.05, 0) is 13.8 Å². The lowest BCUT2D eigenvalue weighted by molar-refractivity contribution is -0.126. The van der Waals surface area contributed by atoms with Crippen LogP contribution in [0.25, 0.3) is 0 Å². The number of cyclic esters (lactones) is 2. The Bertz CT molecular complexity index is 158. The van der Waals surface area contributed by atoms with Crippen LogP contribution in [0, 0.1) is 5.41 Å². The Balaban J connectivity index is 2.75. The molecule has 1 aliphatic heterocycles. The van der Waals surface area contributed by atoms with Gasteiger partial charge in [0.25, 0.3) is 0 Å². The molecule has 0 saturated carbocycles. The molecule has 1 saturated heterocycles. The Hall–Kier alpha value is -0.730. The fourth-order valence-corrected chi connectivity index (χ4v) is 0.951. The number of hydrogen-bond acceptors (Lipinski definition) is 3. The summed E-state index contributed by atoms with van der Waals surface area (Å²) in [7, 11) is 0. The van der Waals surface area contributed by atoms with Crippen molar-refractivity contribution in [2.75, 3.05) is 0 Å². The van der Waals surface area contributed by atoms with Gasteiger partial charge in [-0.3, -0.25) is 0 Å². The van der Waals surface area contributed by atoms with Crippen LogP contribution in [0.1, 0.15) is 27.7 Å².